The molecule has 32 heavy (non-hydrogen) atoms. The number of amides is 1. The van der Waals surface area contributed by atoms with Crippen LogP contribution in [0.25, 0.3) is 0 Å². The Labute approximate surface area is 188 Å². The van der Waals surface area contributed by atoms with Crippen molar-refractivity contribution in [2.45, 2.75) is 19.9 Å². The predicted octanol–water partition coefficient (Wildman–Crippen LogP) is 1.84. The third kappa shape index (κ3) is 6.34. The van der Waals surface area contributed by atoms with Crippen molar-refractivity contribution < 1.29 is 22.7 Å². The number of ether oxygens (including phenoxy) is 2. The van der Waals surface area contributed by atoms with Gasteiger partial charge >= 0.3 is 10.2 Å². The van der Waals surface area contributed by atoms with Crippen LogP contribution in [0.1, 0.15) is 31.0 Å². The van der Waals surface area contributed by atoms with Crippen molar-refractivity contribution >= 4 is 27.6 Å². The SMILES string of the molecule is CCOc1ccc(C(Nc2ccc(C(=N)N)cc2)C(=O)NS(=O)(=O)N(C)C)cc1OCC. The second kappa shape index (κ2) is 10.8. The van der Waals surface area contributed by atoms with Crippen LogP contribution in [0.4, 0.5) is 5.69 Å². The lowest BCUT2D eigenvalue weighted by molar-refractivity contribution is -0.120. The Morgan fingerprint density at radius 1 is 1.06 bits per heavy atom. The molecule has 11 heteroatoms. The molecule has 1 unspecified atom stereocenters. The molecule has 2 aromatic carbocycles. The Morgan fingerprint density at radius 2 is 1.66 bits per heavy atom. The molecule has 0 aliphatic rings. The minimum absolute atomic E-state index is 0.0872. The van der Waals surface area contributed by atoms with E-state index in [-0.39, 0.29) is 5.84 Å². The van der Waals surface area contributed by atoms with Crippen molar-refractivity contribution in [3.63, 3.8) is 0 Å². The zero-order valence-corrected chi connectivity index (χ0v) is 19.3. The van der Waals surface area contributed by atoms with Gasteiger partial charge in [-0.25, -0.2) is 4.72 Å². The van der Waals surface area contributed by atoms with Gasteiger partial charge < -0.3 is 20.5 Å². The first-order valence-electron chi connectivity index (χ1n) is 9.93. The molecule has 2 aromatic rings. The summed E-state index contributed by atoms with van der Waals surface area (Å²) in [5.74, 6) is 0.0922. The van der Waals surface area contributed by atoms with Crippen LogP contribution in [0.15, 0.2) is 42.5 Å². The highest BCUT2D eigenvalue weighted by Crippen LogP contribution is 2.32. The number of hydrogen-bond acceptors (Lipinski definition) is 7. The molecule has 0 spiro atoms. The highest BCUT2D eigenvalue weighted by atomic mass is 32.2. The first kappa shape index (κ1) is 25.0. The van der Waals surface area contributed by atoms with Gasteiger partial charge in [-0.2, -0.15) is 12.7 Å². The van der Waals surface area contributed by atoms with E-state index in [1.54, 1.807) is 42.5 Å². The smallest absolute Gasteiger partial charge is 0.303 e. The summed E-state index contributed by atoms with van der Waals surface area (Å²) < 4.78 is 38.7. The summed E-state index contributed by atoms with van der Waals surface area (Å²) in [4.78, 5) is 13.0. The third-order valence-electron chi connectivity index (χ3n) is 4.38. The van der Waals surface area contributed by atoms with Crippen molar-refractivity contribution in [1.29, 1.82) is 5.41 Å². The summed E-state index contributed by atoms with van der Waals surface area (Å²) in [5, 5.41) is 10.5. The van der Waals surface area contributed by atoms with Crippen LogP contribution in [0.3, 0.4) is 0 Å². The fourth-order valence-electron chi connectivity index (χ4n) is 2.74. The Bertz CT molecular complexity index is 1050. The summed E-state index contributed by atoms with van der Waals surface area (Å²) in [5.41, 5.74) is 7.01. The monoisotopic (exact) mass is 463 g/mol. The molecule has 10 nitrogen and oxygen atoms in total. The Kier molecular flexibility index (Phi) is 8.44. The summed E-state index contributed by atoms with van der Waals surface area (Å²) in [6.07, 6.45) is 0. The van der Waals surface area contributed by atoms with E-state index < -0.39 is 22.2 Å². The first-order chi connectivity index (χ1) is 15.1. The molecule has 2 rings (SSSR count). The lowest BCUT2D eigenvalue weighted by Gasteiger charge is -2.22. The van der Waals surface area contributed by atoms with E-state index in [1.165, 1.54) is 14.1 Å². The molecule has 0 radical (unpaired) electrons. The maximum absolute atomic E-state index is 13.0. The van der Waals surface area contributed by atoms with Gasteiger partial charge in [0.15, 0.2) is 11.5 Å². The zero-order chi connectivity index (χ0) is 23.9. The number of hydrogen-bond donors (Lipinski definition) is 4. The van der Waals surface area contributed by atoms with Gasteiger partial charge in [0.2, 0.25) is 0 Å². The van der Waals surface area contributed by atoms with Crippen LogP contribution < -0.4 is 25.2 Å². The molecule has 0 saturated heterocycles. The van der Waals surface area contributed by atoms with E-state index in [0.717, 1.165) is 4.31 Å². The molecule has 0 fully saturated rings. The number of nitrogen functional groups attached to an aromatic ring is 1. The van der Waals surface area contributed by atoms with Crippen molar-refractivity contribution in [3.8, 4) is 11.5 Å². The second-order valence-corrected chi connectivity index (χ2v) is 8.78. The number of nitrogens with one attached hydrogen (secondary N) is 3. The van der Waals surface area contributed by atoms with Crippen molar-refractivity contribution in [3.05, 3.63) is 53.6 Å². The maximum atomic E-state index is 13.0. The quantitative estimate of drug-likeness (QED) is 0.294. The molecule has 0 bridgehead atoms. The topological polar surface area (TPSA) is 147 Å². The van der Waals surface area contributed by atoms with E-state index in [2.05, 4.69) is 10.0 Å². The largest absolute Gasteiger partial charge is 0.490 e. The van der Waals surface area contributed by atoms with E-state index in [0.29, 0.717) is 41.5 Å². The molecule has 0 saturated carbocycles. The summed E-state index contributed by atoms with van der Waals surface area (Å²) in [6.45, 7) is 4.49. The molecule has 0 aliphatic heterocycles. The lowest BCUT2D eigenvalue weighted by Crippen LogP contribution is -2.43. The highest BCUT2D eigenvalue weighted by Gasteiger charge is 2.27. The fraction of sp³-hybridized carbons (Fsp3) is 0.333. The number of benzene rings is 2. The Hall–Kier alpha value is -3.31. The van der Waals surface area contributed by atoms with Crippen LogP contribution in [0, 0.1) is 5.41 Å². The van der Waals surface area contributed by atoms with E-state index >= 15 is 0 Å². The zero-order valence-electron chi connectivity index (χ0n) is 18.5. The molecular formula is C21H29N5O5S. The maximum Gasteiger partial charge on any atom is 0.303 e. The third-order valence-corrected chi connectivity index (χ3v) is 5.80. The van der Waals surface area contributed by atoms with E-state index in [9.17, 15) is 13.2 Å². The van der Waals surface area contributed by atoms with Crippen LogP contribution in [0.5, 0.6) is 11.5 Å². The molecule has 0 heterocycles. The number of nitrogens with zero attached hydrogens (tertiary/aromatic N) is 1. The Morgan fingerprint density at radius 3 is 2.19 bits per heavy atom. The van der Waals surface area contributed by atoms with Crippen molar-refractivity contribution in [2.24, 2.45) is 5.73 Å². The van der Waals surface area contributed by atoms with Crippen LogP contribution in [0.2, 0.25) is 0 Å². The fourth-order valence-corrected chi connectivity index (χ4v) is 3.29. The first-order valence-corrected chi connectivity index (χ1v) is 11.4. The molecule has 174 valence electrons. The highest BCUT2D eigenvalue weighted by molar-refractivity contribution is 7.87. The second-order valence-electron chi connectivity index (χ2n) is 6.89. The standard InChI is InChI=1S/C21H29N5O5S/c1-5-30-17-12-9-15(13-18(17)31-6-2)19(21(27)25-32(28,29)26(3)4)24-16-10-7-14(8-11-16)20(22)23/h7-13,19,24H,5-6H2,1-4H3,(H3,22,23)(H,25,27). The van der Waals surface area contributed by atoms with Crippen LogP contribution in [-0.2, 0) is 15.0 Å². The van der Waals surface area contributed by atoms with Crippen molar-refractivity contribution in [2.75, 3.05) is 32.6 Å². The van der Waals surface area contributed by atoms with Crippen LogP contribution >= 0.6 is 0 Å². The minimum Gasteiger partial charge on any atom is -0.490 e. The van der Waals surface area contributed by atoms with Gasteiger partial charge in [-0.15, -0.1) is 0 Å². The number of carbonyl (C=O) groups excluding carboxylic acids is 1. The number of carbonyl (C=O) groups is 1. The van der Waals surface area contributed by atoms with Crippen LogP contribution in [-0.4, -0.2) is 51.8 Å². The number of nitrogens with two attached hydrogens (primary N) is 1. The van der Waals surface area contributed by atoms with Gasteiger partial charge in [0.1, 0.15) is 11.9 Å². The predicted molar refractivity (Wildman–Crippen MR) is 123 cm³/mol. The molecular weight excluding hydrogens is 434 g/mol. The molecule has 5 N–H and O–H groups in total. The molecule has 0 aliphatic carbocycles. The van der Waals surface area contributed by atoms with Gasteiger partial charge in [-0.1, -0.05) is 6.07 Å². The van der Waals surface area contributed by atoms with E-state index in [4.69, 9.17) is 20.6 Å². The van der Waals surface area contributed by atoms with Gasteiger partial charge in [0, 0.05) is 25.3 Å². The minimum atomic E-state index is -4.00. The summed E-state index contributed by atoms with van der Waals surface area (Å²) >= 11 is 0. The van der Waals surface area contributed by atoms with Gasteiger partial charge in [-0.3, -0.25) is 10.2 Å². The van der Waals surface area contributed by atoms with Gasteiger partial charge in [-0.05, 0) is 55.8 Å². The average molecular weight is 464 g/mol. The van der Waals surface area contributed by atoms with E-state index in [1.807, 2.05) is 13.8 Å². The number of anilines is 1. The lowest BCUT2D eigenvalue weighted by atomic mass is 10.0. The molecule has 1 atom stereocenters. The average Bonchev–Trinajstić information content (AvgIpc) is 2.73. The molecule has 0 aromatic heterocycles. The molecule has 1 amide bonds. The number of rotatable bonds is 11. The van der Waals surface area contributed by atoms with Gasteiger partial charge in [0.25, 0.3) is 5.91 Å². The Balaban J connectivity index is 2.46. The van der Waals surface area contributed by atoms with Gasteiger partial charge in [0.05, 0.1) is 13.2 Å². The normalized spacial score (nSPS) is 12.2. The summed E-state index contributed by atoms with van der Waals surface area (Å²) in [7, 11) is -1.36. The number of amidine groups is 1. The summed E-state index contributed by atoms with van der Waals surface area (Å²) in [6, 6.07) is 10.5. The van der Waals surface area contributed by atoms with Crippen molar-refractivity contribution in [1.82, 2.24) is 9.03 Å².